The number of hydrogen-bond donors (Lipinski definition) is 2. The smallest absolute Gasteiger partial charge is 0.222 e. The Morgan fingerprint density at radius 2 is 2.15 bits per heavy atom. The Bertz CT molecular complexity index is 488. The van der Waals surface area contributed by atoms with Crippen molar-refractivity contribution in [3.63, 3.8) is 0 Å². The molecule has 1 aliphatic heterocycles. The topological polar surface area (TPSA) is 61.8 Å². The van der Waals surface area contributed by atoms with Crippen molar-refractivity contribution >= 4 is 17.5 Å². The zero-order chi connectivity index (χ0) is 14.5. The van der Waals surface area contributed by atoms with Crippen molar-refractivity contribution in [3.05, 3.63) is 22.7 Å². The second-order valence-corrected chi connectivity index (χ2v) is 5.18. The summed E-state index contributed by atoms with van der Waals surface area (Å²) >= 11 is 5.97. The van der Waals surface area contributed by atoms with E-state index in [1.807, 2.05) is 4.90 Å². The standard InChI is InChI=1S/C14H19ClN2O3/c1-20-12-9-11(15)8-10(14(12)19)2-3-13(18)17-6-4-16-5-7-17/h8-9,16,19H,2-7H2,1H3. The van der Waals surface area contributed by atoms with Gasteiger partial charge in [0.15, 0.2) is 11.5 Å². The van der Waals surface area contributed by atoms with Crippen molar-refractivity contribution < 1.29 is 14.6 Å². The third-order valence-electron chi connectivity index (χ3n) is 3.42. The number of aryl methyl sites for hydroxylation is 1. The van der Waals surface area contributed by atoms with Gasteiger partial charge in [-0.3, -0.25) is 4.79 Å². The van der Waals surface area contributed by atoms with Crippen LogP contribution >= 0.6 is 11.6 Å². The summed E-state index contributed by atoms with van der Waals surface area (Å²) in [5.41, 5.74) is 0.637. The molecule has 2 N–H and O–H groups in total. The van der Waals surface area contributed by atoms with Crippen molar-refractivity contribution in [3.8, 4) is 11.5 Å². The lowest BCUT2D eigenvalue weighted by molar-refractivity contribution is -0.131. The van der Waals surface area contributed by atoms with Crippen LogP contribution in [-0.4, -0.2) is 49.2 Å². The monoisotopic (exact) mass is 298 g/mol. The minimum absolute atomic E-state index is 0.0602. The number of aromatic hydroxyl groups is 1. The molecule has 1 aromatic carbocycles. The molecule has 6 heteroatoms. The van der Waals surface area contributed by atoms with Crippen molar-refractivity contribution in [1.82, 2.24) is 10.2 Å². The summed E-state index contributed by atoms with van der Waals surface area (Å²) in [6.07, 6.45) is 0.808. The molecule has 0 radical (unpaired) electrons. The van der Waals surface area contributed by atoms with E-state index in [4.69, 9.17) is 16.3 Å². The highest BCUT2D eigenvalue weighted by Gasteiger charge is 2.17. The van der Waals surface area contributed by atoms with E-state index in [-0.39, 0.29) is 11.7 Å². The molecule has 1 saturated heterocycles. The molecule has 0 aromatic heterocycles. The molecule has 1 heterocycles. The van der Waals surface area contributed by atoms with Gasteiger partial charge in [-0.2, -0.15) is 0 Å². The SMILES string of the molecule is COc1cc(Cl)cc(CCC(=O)N2CCNCC2)c1O. The molecule has 0 bridgehead atoms. The summed E-state index contributed by atoms with van der Waals surface area (Å²) in [7, 11) is 1.47. The largest absolute Gasteiger partial charge is 0.504 e. The summed E-state index contributed by atoms with van der Waals surface area (Å²) < 4.78 is 5.05. The number of nitrogens with zero attached hydrogens (tertiary/aromatic N) is 1. The van der Waals surface area contributed by atoms with Crippen molar-refractivity contribution in [1.29, 1.82) is 0 Å². The van der Waals surface area contributed by atoms with E-state index in [9.17, 15) is 9.90 Å². The van der Waals surface area contributed by atoms with Crippen LogP contribution in [0.15, 0.2) is 12.1 Å². The van der Waals surface area contributed by atoms with Crippen LogP contribution in [0.25, 0.3) is 0 Å². The first-order valence-corrected chi connectivity index (χ1v) is 7.03. The van der Waals surface area contributed by atoms with Gasteiger partial charge in [0.05, 0.1) is 7.11 Å². The first kappa shape index (κ1) is 14.9. The molecule has 0 saturated carbocycles. The minimum Gasteiger partial charge on any atom is -0.504 e. The highest BCUT2D eigenvalue weighted by molar-refractivity contribution is 6.30. The van der Waals surface area contributed by atoms with Gasteiger partial charge in [-0.25, -0.2) is 0 Å². The molecule has 0 atom stereocenters. The Hall–Kier alpha value is -1.46. The Morgan fingerprint density at radius 3 is 2.80 bits per heavy atom. The maximum Gasteiger partial charge on any atom is 0.222 e. The normalized spacial score (nSPS) is 15.2. The van der Waals surface area contributed by atoms with Gasteiger partial charge in [0.1, 0.15) is 0 Å². The first-order valence-electron chi connectivity index (χ1n) is 6.65. The molecule has 1 amide bonds. The number of nitrogens with one attached hydrogen (secondary N) is 1. The van der Waals surface area contributed by atoms with Crippen molar-refractivity contribution in [2.75, 3.05) is 33.3 Å². The fourth-order valence-electron chi connectivity index (χ4n) is 2.29. The third kappa shape index (κ3) is 3.55. The number of benzene rings is 1. The van der Waals surface area contributed by atoms with E-state index >= 15 is 0 Å². The highest BCUT2D eigenvalue weighted by atomic mass is 35.5. The lowest BCUT2D eigenvalue weighted by Gasteiger charge is -2.27. The number of carbonyl (C=O) groups excluding carboxylic acids is 1. The summed E-state index contributed by atoms with van der Waals surface area (Å²) in [6.45, 7) is 3.15. The average Bonchev–Trinajstić information content (AvgIpc) is 2.48. The van der Waals surface area contributed by atoms with Crippen LogP contribution in [0.1, 0.15) is 12.0 Å². The zero-order valence-corrected chi connectivity index (χ0v) is 12.2. The predicted molar refractivity (Wildman–Crippen MR) is 77.4 cm³/mol. The lowest BCUT2D eigenvalue weighted by atomic mass is 10.1. The number of phenols is 1. The number of amides is 1. The number of piperazine rings is 1. The van der Waals surface area contributed by atoms with Gasteiger partial charge in [0, 0.05) is 43.7 Å². The van der Waals surface area contributed by atoms with E-state index < -0.39 is 0 Å². The molecule has 1 aliphatic rings. The van der Waals surface area contributed by atoms with Gasteiger partial charge >= 0.3 is 0 Å². The lowest BCUT2D eigenvalue weighted by Crippen LogP contribution is -2.46. The molecule has 0 unspecified atom stereocenters. The quantitative estimate of drug-likeness (QED) is 0.882. The van der Waals surface area contributed by atoms with E-state index in [1.54, 1.807) is 12.1 Å². The van der Waals surface area contributed by atoms with Crippen LogP contribution in [0, 0.1) is 0 Å². The Balaban J connectivity index is 1.99. The van der Waals surface area contributed by atoms with Crippen molar-refractivity contribution in [2.24, 2.45) is 0 Å². The van der Waals surface area contributed by atoms with Crippen molar-refractivity contribution in [2.45, 2.75) is 12.8 Å². The van der Waals surface area contributed by atoms with Gasteiger partial charge in [-0.15, -0.1) is 0 Å². The summed E-state index contributed by atoms with van der Waals surface area (Å²) in [5.74, 6) is 0.497. The summed E-state index contributed by atoms with van der Waals surface area (Å²) in [4.78, 5) is 13.9. The third-order valence-corrected chi connectivity index (χ3v) is 3.63. The van der Waals surface area contributed by atoms with Gasteiger partial charge in [-0.1, -0.05) is 11.6 Å². The Labute approximate surface area is 123 Å². The van der Waals surface area contributed by atoms with Gasteiger partial charge in [0.2, 0.25) is 5.91 Å². The number of methoxy groups -OCH3 is 1. The Morgan fingerprint density at radius 1 is 1.45 bits per heavy atom. The minimum atomic E-state index is 0.0602. The van der Waals surface area contributed by atoms with Gasteiger partial charge in [-0.05, 0) is 18.1 Å². The maximum absolute atomic E-state index is 12.1. The molecule has 0 aliphatic carbocycles. The molecule has 110 valence electrons. The van der Waals surface area contributed by atoms with E-state index in [2.05, 4.69) is 5.32 Å². The predicted octanol–water partition coefficient (Wildman–Crippen LogP) is 1.42. The fourth-order valence-corrected chi connectivity index (χ4v) is 2.52. The highest BCUT2D eigenvalue weighted by Crippen LogP contribution is 2.34. The molecule has 1 aromatic rings. The molecule has 20 heavy (non-hydrogen) atoms. The number of ether oxygens (including phenoxy) is 1. The van der Waals surface area contributed by atoms with Crippen LogP contribution in [0.3, 0.4) is 0 Å². The van der Waals surface area contributed by atoms with Crippen LogP contribution in [0.4, 0.5) is 0 Å². The molecular formula is C14H19ClN2O3. The van der Waals surface area contributed by atoms with Gasteiger partial charge < -0.3 is 20.1 Å². The fraction of sp³-hybridized carbons (Fsp3) is 0.500. The molecule has 2 rings (SSSR count). The number of halogens is 1. The zero-order valence-electron chi connectivity index (χ0n) is 11.5. The van der Waals surface area contributed by atoms with Crippen LogP contribution in [-0.2, 0) is 11.2 Å². The second-order valence-electron chi connectivity index (χ2n) is 4.75. The first-order chi connectivity index (χ1) is 9.61. The molecular weight excluding hydrogens is 280 g/mol. The number of carbonyl (C=O) groups is 1. The molecule has 5 nitrogen and oxygen atoms in total. The van der Waals surface area contributed by atoms with Crippen LogP contribution < -0.4 is 10.1 Å². The second kappa shape index (κ2) is 6.81. The van der Waals surface area contributed by atoms with E-state index in [0.29, 0.717) is 29.2 Å². The Kier molecular flexibility index (Phi) is 5.09. The number of rotatable bonds is 4. The van der Waals surface area contributed by atoms with E-state index in [1.165, 1.54) is 7.11 Å². The van der Waals surface area contributed by atoms with Gasteiger partial charge in [0.25, 0.3) is 0 Å². The number of hydrogen-bond acceptors (Lipinski definition) is 4. The van der Waals surface area contributed by atoms with E-state index in [0.717, 1.165) is 26.2 Å². The molecule has 1 fully saturated rings. The summed E-state index contributed by atoms with van der Waals surface area (Å²) in [5, 5.41) is 13.7. The van der Waals surface area contributed by atoms with Crippen LogP contribution in [0.5, 0.6) is 11.5 Å². The van der Waals surface area contributed by atoms with Crippen LogP contribution in [0.2, 0.25) is 5.02 Å². The number of phenolic OH excluding ortho intramolecular Hbond substituents is 1. The average molecular weight is 299 g/mol. The maximum atomic E-state index is 12.1. The molecule has 0 spiro atoms. The summed E-state index contributed by atoms with van der Waals surface area (Å²) in [6, 6.07) is 3.23.